The Bertz CT molecular complexity index is 2120. The Labute approximate surface area is 320 Å². The fourth-order valence-corrected chi connectivity index (χ4v) is 8.20. The Morgan fingerprint density at radius 1 is 0.691 bits per heavy atom. The molecule has 5 aromatic rings. The van der Waals surface area contributed by atoms with Crippen molar-refractivity contribution >= 4 is 18.0 Å². The molecule has 4 amide bonds. The Kier molecular flexibility index (Phi) is 10.1. The summed E-state index contributed by atoms with van der Waals surface area (Å²) in [6, 6.07) is 24.6. The predicted octanol–water partition coefficient (Wildman–Crippen LogP) is 6.65. The summed E-state index contributed by atoms with van der Waals surface area (Å²) in [4.78, 5) is 64.7. The smallest absolute Gasteiger partial charge is 0.407 e. The summed E-state index contributed by atoms with van der Waals surface area (Å²) >= 11 is 0. The molecule has 0 aliphatic carbocycles. The van der Waals surface area contributed by atoms with Gasteiger partial charge in [-0.05, 0) is 60.5 Å². The second-order valence-electron chi connectivity index (χ2n) is 14.8. The number of nitrogens with zero attached hydrogens (tertiary/aromatic N) is 7. The van der Waals surface area contributed by atoms with Crippen molar-refractivity contribution in [2.45, 2.75) is 43.8 Å². The first-order chi connectivity index (χ1) is 26.7. The molecule has 5 heterocycles. The van der Waals surface area contributed by atoms with Gasteiger partial charge in [0, 0.05) is 46.3 Å². The molecule has 0 radical (unpaired) electrons. The van der Waals surface area contributed by atoms with Gasteiger partial charge in [-0.25, -0.2) is 19.6 Å². The van der Waals surface area contributed by atoms with Crippen LogP contribution < -0.4 is 0 Å². The molecule has 13 heteroatoms. The van der Waals surface area contributed by atoms with E-state index in [-0.39, 0.29) is 24.0 Å². The Morgan fingerprint density at radius 3 is 1.71 bits per heavy atom. The lowest BCUT2D eigenvalue weighted by Crippen LogP contribution is -2.51. The number of hydrogen-bond acceptors (Lipinski definition) is 6. The van der Waals surface area contributed by atoms with Crippen LogP contribution in [0.15, 0.2) is 91.3 Å². The highest BCUT2D eigenvalue weighted by Gasteiger charge is 2.39. The average molecular weight is 742 g/mol. The maximum Gasteiger partial charge on any atom is 0.407 e. The summed E-state index contributed by atoms with van der Waals surface area (Å²) in [5, 5.41) is 9.78. The van der Waals surface area contributed by atoms with E-state index in [9.17, 15) is 19.5 Å². The van der Waals surface area contributed by atoms with Crippen LogP contribution in [-0.4, -0.2) is 121 Å². The van der Waals surface area contributed by atoms with Gasteiger partial charge in [-0.15, -0.1) is 0 Å². The minimum atomic E-state index is -1.16. The molecule has 13 nitrogen and oxygen atoms in total. The molecule has 3 aliphatic rings. The Morgan fingerprint density at radius 2 is 1.18 bits per heavy atom. The maximum atomic E-state index is 13.9. The van der Waals surface area contributed by atoms with Gasteiger partial charge in [0.1, 0.15) is 17.7 Å². The number of H-pyrrole nitrogens is 2. The normalized spacial score (nSPS) is 19.5. The fourth-order valence-electron chi connectivity index (χ4n) is 8.20. The largest absolute Gasteiger partial charge is 0.465 e. The van der Waals surface area contributed by atoms with E-state index >= 15 is 0 Å². The summed E-state index contributed by atoms with van der Waals surface area (Å²) in [7, 11) is 3.53. The second kappa shape index (κ2) is 15.4. The fraction of sp³-hybridized carbons (Fsp3) is 0.357. The molecule has 0 spiro atoms. The number of amides is 4. The lowest BCUT2D eigenvalue weighted by molar-refractivity contribution is -0.137. The first kappa shape index (κ1) is 36.0. The van der Waals surface area contributed by atoms with Crippen molar-refractivity contribution in [2.75, 3.05) is 53.4 Å². The van der Waals surface area contributed by atoms with Crippen molar-refractivity contribution in [3.8, 4) is 33.6 Å². The van der Waals surface area contributed by atoms with Crippen LogP contribution in [0, 0.1) is 0 Å². The lowest BCUT2D eigenvalue weighted by Gasteiger charge is -2.36. The second-order valence-corrected chi connectivity index (χ2v) is 14.8. The molecule has 0 bridgehead atoms. The van der Waals surface area contributed by atoms with Crippen LogP contribution in [0.1, 0.15) is 61.0 Å². The van der Waals surface area contributed by atoms with E-state index in [1.54, 1.807) is 23.2 Å². The third kappa shape index (κ3) is 7.31. The van der Waals surface area contributed by atoms with Gasteiger partial charge in [-0.1, -0.05) is 78.9 Å². The SMILES string of the molecule is CN1CCN(C(=O)N2CCC[C@H]2c2ncc(-c3ccc(-c4ccc(-c5cnc([C@@H]6CCCN6C(=O)[C@@H](c6ccccc6)N(C)C(=O)O)[nH]5)cc4)cc3)[nH]2)CC1. The van der Waals surface area contributed by atoms with Crippen molar-refractivity contribution in [1.29, 1.82) is 0 Å². The topological polar surface area (TPSA) is 145 Å². The summed E-state index contributed by atoms with van der Waals surface area (Å²) < 4.78 is 0. The molecule has 3 saturated heterocycles. The highest BCUT2D eigenvalue weighted by atomic mass is 16.4. The van der Waals surface area contributed by atoms with E-state index in [0.717, 1.165) is 103 Å². The van der Waals surface area contributed by atoms with Crippen LogP contribution in [0.5, 0.6) is 0 Å². The van der Waals surface area contributed by atoms with Crippen LogP contribution in [0.3, 0.4) is 0 Å². The molecule has 55 heavy (non-hydrogen) atoms. The molecule has 8 rings (SSSR count). The van der Waals surface area contributed by atoms with E-state index < -0.39 is 12.1 Å². The molecular weight excluding hydrogens is 695 g/mol. The lowest BCUT2D eigenvalue weighted by atomic mass is 10.0. The number of piperazine rings is 1. The first-order valence-electron chi connectivity index (χ1n) is 19.1. The monoisotopic (exact) mass is 741 g/mol. The number of carbonyl (C=O) groups is 3. The standard InChI is InChI=1S/C42H47N9O4/c1-47-22-24-49(25-23-47)41(53)51-21-7-11-36(51)39-44-27-34(46-39)31-18-14-29(15-19-31)28-12-16-30(17-13-28)33-26-43-38(45-33)35-10-6-20-50(35)40(52)37(48(2)42(54)55)32-8-4-3-5-9-32/h3-5,8-9,12-19,26-27,35-37H,6-7,10-11,20-25H2,1-2H3,(H,43,45)(H,44,46)(H,54,55)/t35-,36-,37+/m0/s1. The Hall–Kier alpha value is -5.95. The minimum absolute atomic E-state index is 0.0398. The van der Waals surface area contributed by atoms with E-state index in [0.29, 0.717) is 17.9 Å². The molecule has 3 N–H and O–H groups in total. The summed E-state index contributed by atoms with van der Waals surface area (Å²) in [5.74, 6) is 1.27. The quantitative estimate of drug-likeness (QED) is 0.162. The Balaban J connectivity index is 0.925. The predicted molar refractivity (Wildman–Crippen MR) is 209 cm³/mol. The number of rotatable bonds is 8. The zero-order chi connectivity index (χ0) is 38.1. The van der Waals surface area contributed by atoms with E-state index in [1.807, 2.05) is 34.2 Å². The highest BCUT2D eigenvalue weighted by Crippen LogP contribution is 2.36. The molecule has 2 aromatic heterocycles. The average Bonchev–Trinajstić information content (AvgIpc) is 4.06. The molecule has 0 saturated carbocycles. The maximum absolute atomic E-state index is 13.9. The summed E-state index contributed by atoms with van der Waals surface area (Å²) in [5.41, 5.74) is 6.57. The zero-order valence-corrected chi connectivity index (χ0v) is 31.3. The van der Waals surface area contributed by atoms with Crippen LogP contribution in [0.4, 0.5) is 9.59 Å². The number of carboxylic acid groups (broad SMARTS) is 1. The van der Waals surface area contributed by atoms with E-state index in [1.165, 1.54) is 7.05 Å². The zero-order valence-electron chi connectivity index (χ0n) is 31.3. The number of carbonyl (C=O) groups excluding carboxylic acids is 2. The number of hydrogen-bond donors (Lipinski definition) is 3. The van der Waals surface area contributed by atoms with E-state index in [2.05, 4.69) is 70.4 Å². The molecule has 3 aromatic carbocycles. The van der Waals surface area contributed by atoms with Crippen LogP contribution in [0.2, 0.25) is 0 Å². The van der Waals surface area contributed by atoms with Gasteiger partial charge in [-0.3, -0.25) is 9.69 Å². The molecule has 3 fully saturated rings. The molecule has 3 aliphatic heterocycles. The number of nitrogens with one attached hydrogen (secondary N) is 2. The van der Waals surface area contributed by atoms with E-state index in [4.69, 9.17) is 9.97 Å². The van der Waals surface area contributed by atoms with Gasteiger partial charge in [0.05, 0.1) is 35.9 Å². The summed E-state index contributed by atoms with van der Waals surface area (Å²) in [6.45, 7) is 4.61. The number of likely N-dealkylation sites (tertiary alicyclic amines) is 2. The molecule has 284 valence electrons. The third-order valence-electron chi connectivity index (χ3n) is 11.4. The first-order valence-corrected chi connectivity index (χ1v) is 19.1. The van der Waals surface area contributed by atoms with Gasteiger partial charge in [0.25, 0.3) is 5.91 Å². The number of aromatic nitrogens is 4. The van der Waals surface area contributed by atoms with Gasteiger partial charge in [0.15, 0.2) is 0 Å². The third-order valence-corrected chi connectivity index (χ3v) is 11.4. The number of likely N-dealkylation sites (N-methyl/N-ethyl adjacent to an activating group) is 2. The minimum Gasteiger partial charge on any atom is -0.465 e. The van der Waals surface area contributed by atoms with Gasteiger partial charge >= 0.3 is 12.1 Å². The van der Waals surface area contributed by atoms with Crippen molar-refractivity contribution < 1.29 is 19.5 Å². The number of benzene rings is 3. The van der Waals surface area contributed by atoms with Crippen molar-refractivity contribution in [3.05, 3.63) is 108 Å². The number of urea groups is 1. The number of aromatic amines is 2. The van der Waals surface area contributed by atoms with Crippen LogP contribution in [-0.2, 0) is 4.79 Å². The summed E-state index contributed by atoms with van der Waals surface area (Å²) in [6.07, 6.45) is 5.92. The van der Waals surface area contributed by atoms with Crippen molar-refractivity contribution in [2.24, 2.45) is 0 Å². The molecule has 0 unspecified atom stereocenters. The van der Waals surface area contributed by atoms with Crippen molar-refractivity contribution in [1.82, 2.24) is 44.4 Å². The van der Waals surface area contributed by atoms with Gasteiger partial charge in [-0.2, -0.15) is 0 Å². The molecular formula is C42H47N9O4. The molecule has 3 atom stereocenters. The van der Waals surface area contributed by atoms with Crippen molar-refractivity contribution in [3.63, 3.8) is 0 Å². The van der Waals surface area contributed by atoms with Gasteiger partial charge < -0.3 is 34.7 Å². The number of imidazole rings is 2. The van der Waals surface area contributed by atoms with Gasteiger partial charge in [0.2, 0.25) is 0 Å². The van der Waals surface area contributed by atoms with Crippen LogP contribution in [0.25, 0.3) is 33.6 Å². The highest BCUT2D eigenvalue weighted by molar-refractivity contribution is 5.87. The van der Waals surface area contributed by atoms with Crippen LogP contribution >= 0.6 is 0 Å².